The normalized spacial score (nSPS) is 16.4. The first-order valence-electron chi connectivity index (χ1n) is 7.69. The summed E-state index contributed by atoms with van der Waals surface area (Å²) in [7, 11) is 0. The number of nitrogens with one attached hydrogen (secondary N) is 2. The summed E-state index contributed by atoms with van der Waals surface area (Å²) in [5.41, 5.74) is 2.62. The van der Waals surface area contributed by atoms with E-state index in [0.29, 0.717) is 6.54 Å². The zero-order valence-electron chi connectivity index (χ0n) is 13.1. The number of nitrogens with zero attached hydrogens (tertiary/aromatic N) is 2. The molecule has 3 rings (SSSR count). The molecule has 0 radical (unpaired) electrons. The molecule has 118 valence electrons. The van der Waals surface area contributed by atoms with Crippen LogP contribution in [0.2, 0.25) is 0 Å². The molecular formula is C18H20N4O. The van der Waals surface area contributed by atoms with Crippen LogP contribution in [0, 0.1) is 0 Å². The average molecular weight is 308 g/mol. The molecule has 1 unspecified atom stereocenters. The third-order valence-corrected chi connectivity index (χ3v) is 3.75. The number of para-hydroxylation sites is 3. The zero-order chi connectivity index (χ0) is 16.1. The molecule has 1 aliphatic rings. The Morgan fingerprint density at radius 3 is 2.52 bits per heavy atom. The zero-order valence-corrected chi connectivity index (χ0v) is 13.1. The highest BCUT2D eigenvalue weighted by molar-refractivity contribution is 5.96. The summed E-state index contributed by atoms with van der Waals surface area (Å²) in [6.45, 7) is 3.12. The van der Waals surface area contributed by atoms with Crippen molar-refractivity contribution in [3.8, 4) is 0 Å². The van der Waals surface area contributed by atoms with E-state index in [9.17, 15) is 4.79 Å². The number of aliphatic imine (C=N–C) groups is 1. The highest BCUT2D eigenvalue weighted by Gasteiger charge is 2.18. The summed E-state index contributed by atoms with van der Waals surface area (Å²) in [5.74, 6) is -0.0486. The number of benzene rings is 2. The van der Waals surface area contributed by atoms with Crippen LogP contribution >= 0.6 is 0 Å². The molecule has 0 fully saturated rings. The fourth-order valence-electron chi connectivity index (χ4n) is 2.45. The van der Waals surface area contributed by atoms with Crippen molar-refractivity contribution in [1.82, 2.24) is 4.90 Å². The first kappa shape index (κ1) is 15.1. The number of carbonyl (C=O) groups is 1. The Morgan fingerprint density at radius 1 is 1.13 bits per heavy atom. The maximum Gasteiger partial charge on any atom is 0.243 e. The second-order valence-electron chi connectivity index (χ2n) is 5.59. The summed E-state index contributed by atoms with van der Waals surface area (Å²) >= 11 is 0. The minimum absolute atomic E-state index is 0.0486. The lowest BCUT2D eigenvalue weighted by Gasteiger charge is -2.20. The van der Waals surface area contributed by atoms with Gasteiger partial charge in [-0.1, -0.05) is 30.3 Å². The average Bonchev–Trinajstić information content (AvgIpc) is 2.95. The van der Waals surface area contributed by atoms with Crippen molar-refractivity contribution >= 4 is 29.3 Å². The van der Waals surface area contributed by atoms with Crippen molar-refractivity contribution in [3.05, 3.63) is 54.6 Å². The van der Waals surface area contributed by atoms with Gasteiger partial charge in [-0.15, -0.1) is 0 Å². The summed E-state index contributed by atoms with van der Waals surface area (Å²) in [6, 6.07) is 17.8. The van der Waals surface area contributed by atoms with Crippen LogP contribution < -0.4 is 10.6 Å². The minimum atomic E-state index is -0.0486. The van der Waals surface area contributed by atoms with Crippen molar-refractivity contribution in [1.29, 1.82) is 0 Å². The summed E-state index contributed by atoms with van der Waals surface area (Å²) in [6.07, 6.45) is 1.75. The number of carbonyl (C=O) groups excluding carboxylic acids is 1. The summed E-state index contributed by atoms with van der Waals surface area (Å²) in [4.78, 5) is 18.4. The van der Waals surface area contributed by atoms with E-state index < -0.39 is 0 Å². The largest absolute Gasteiger partial charge is 0.354 e. The van der Waals surface area contributed by atoms with Gasteiger partial charge in [-0.05, 0) is 31.2 Å². The van der Waals surface area contributed by atoms with Gasteiger partial charge in [0.2, 0.25) is 5.91 Å². The lowest BCUT2D eigenvalue weighted by atomic mass is 10.2. The summed E-state index contributed by atoms with van der Waals surface area (Å²) in [5, 5.41) is 6.30. The lowest BCUT2D eigenvalue weighted by Crippen LogP contribution is -2.36. The fourth-order valence-corrected chi connectivity index (χ4v) is 2.45. The molecule has 0 aromatic heterocycles. The maximum atomic E-state index is 12.3. The first-order chi connectivity index (χ1) is 11.2. The van der Waals surface area contributed by atoms with E-state index in [2.05, 4.69) is 22.5 Å². The van der Waals surface area contributed by atoms with Gasteiger partial charge in [-0.2, -0.15) is 0 Å². The van der Waals surface area contributed by atoms with E-state index in [1.165, 1.54) is 0 Å². The Balaban J connectivity index is 1.68. The van der Waals surface area contributed by atoms with Gasteiger partial charge in [0.1, 0.15) is 0 Å². The van der Waals surface area contributed by atoms with E-state index in [1.54, 1.807) is 6.34 Å². The van der Waals surface area contributed by atoms with E-state index in [-0.39, 0.29) is 11.9 Å². The Labute approximate surface area is 136 Å². The van der Waals surface area contributed by atoms with Gasteiger partial charge in [0.15, 0.2) is 0 Å². The molecule has 0 spiro atoms. The van der Waals surface area contributed by atoms with Crippen LogP contribution in [-0.4, -0.2) is 36.3 Å². The van der Waals surface area contributed by atoms with Crippen LogP contribution in [0.5, 0.6) is 0 Å². The molecule has 0 aliphatic carbocycles. The van der Waals surface area contributed by atoms with Gasteiger partial charge in [-0.3, -0.25) is 9.79 Å². The molecule has 2 aromatic rings. The third-order valence-electron chi connectivity index (χ3n) is 3.75. The molecule has 0 saturated carbocycles. The molecule has 5 nitrogen and oxygen atoms in total. The Hall–Kier alpha value is -2.82. The van der Waals surface area contributed by atoms with Crippen LogP contribution in [0.15, 0.2) is 59.6 Å². The van der Waals surface area contributed by atoms with E-state index in [1.807, 2.05) is 59.5 Å². The predicted molar refractivity (Wildman–Crippen MR) is 94.3 cm³/mol. The molecule has 1 amide bonds. The number of amides is 1. The van der Waals surface area contributed by atoms with Crippen molar-refractivity contribution in [2.75, 3.05) is 23.7 Å². The molecule has 5 heteroatoms. The van der Waals surface area contributed by atoms with Crippen LogP contribution in [0.3, 0.4) is 0 Å². The standard InChI is InChI=1S/C18H20N4O/c1-14-11-19-13-22(14)12-18(23)21-17-10-6-5-9-16(17)20-15-7-3-2-4-8-15/h2-10,13-14,20H,11-12H2,1H3,(H,21,23). The predicted octanol–water partition coefficient (Wildman–Crippen LogP) is 3.10. The van der Waals surface area contributed by atoms with Gasteiger partial charge in [0.25, 0.3) is 0 Å². The molecule has 23 heavy (non-hydrogen) atoms. The molecule has 1 heterocycles. The smallest absolute Gasteiger partial charge is 0.243 e. The van der Waals surface area contributed by atoms with Crippen LogP contribution in [-0.2, 0) is 4.79 Å². The van der Waals surface area contributed by atoms with Crippen molar-refractivity contribution in [3.63, 3.8) is 0 Å². The second kappa shape index (κ2) is 6.96. The maximum absolute atomic E-state index is 12.3. The van der Waals surface area contributed by atoms with Crippen molar-refractivity contribution in [2.24, 2.45) is 4.99 Å². The number of rotatable bonds is 5. The second-order valence-corrected chi connectivity index (χ2v) is 5.59. The Morgan fingerprint density at radius 2 is 1.83 bits per heavy atom. The number of hydrogen-bond acceptors (Lipinski definition) is 4. The highest BCUT2D eigenvalue weighted by atomic mass is 16.2. The monoisotopic (exact) mass is 308 g/mol. The number of anilines is 3. The van der Waals surface area contributed by atoms with Crippen LogP contribution in [0.4, 0.5) is 17.1 Å². The highest BCUT2D eigenvalue weighted by Crippen LogP contribution is 2.25. The number of hydrogen-bond donors (Lipinski definition) is 2. The Bertz CT molecular complexity index is 699. The van der Waals surface area contributed by atoms with Crippen molar-refractivity contribution in [2.45, 2.75) is 13.0 Å². The molecule has 0 saturated heterocycles. The van der Waals surface area contributed by atoms with Crippen LogP contribution in [0.1, 0.15) is 6.92 Å². The summed E-state index contributed by atoms with van der Waals surface area (Å²) < 4.78 is 0. The minimum Gasteiger partial charge on any atom is -0.354 e. The topological polar surface area (TPSA) is 56.7 Å². The van der Waals surface area contributed by atoms with Gasteiger partial charge in [-0.25, -0.2) is 0 Å². The van der Waals surface area contributed by atoms with Crippen molar-refractivity contribution < 1.29 is 4.79 Å². The third kappa shape index (κ3) is 3.88. The van der Waals surface area contributed by atoms with Gasteiger partial charge >= 0.3 is 0 Å². The first-order valence-corrected chi connectivity index (χ1v) is 7.69. The fraction of sp³-hybridized carbons (Fsp3) is 0.222. The van der Waals surface area contributed by atoms with E-state index >= 15 is 0 Å². The van der Waals surface area contributed by atoms with E-state index in [4.69, 9.17) is 0 Å². The quantitative estimate of drug-likeness (QED) is 0.892. The Kier molecular flexibility index (Phi) is 4.57. The molecule has 2 N–H and O–H groups in total. The molecular weight excluding hydrogens is 288 g/mol. The lowest BCUT2D eigenvalue weighted by molar-refractivity contribution is -0.116. The van der Waals surface area contributed by atoms with Crippen LogP contribution in [0.25, 0.3) is 0 Å². The molecule has 2 aromatic carbocycles. The molecule has 1 aliphatic heterocycles. The SMILES string of the molecule is CC1CN=CN1CC(=O)Nc1ccccc1Nc1ccccc1. The van der Waals surface area contributed by atoms with Gasteiger partial charge in [0, 0.05) is 11.7 Å². The van der Waals surface area contributed by atoms with E-state index in [0.717, 1.165) is 23.6 Å². The molecule has 0 bridgehead atoms. The van der Waals surface area contributed by atoms with Gasteiger partial charge in [0.05, 0.1) is 30.8 Å². The van der Waals surface area contributed by atoms with Gasteiger partial charge < -0.3 is 15.5 Å². The molecule has 1 atom stereocenters.